The van der Waals surface area contributed by atoms with Crippen molar-refractivity contribution in [3.63, 3.8) is 0 Å². The molecule has 0 aliphatic heterocycles. The fourth-order valence-electron chi connectivity index (χ4n) is 2.59. The quantitative estimate of drug-likeness (QED) is 0.720. The molecule has 0 unspecified atom stereocenters. The average Bonchev–Trinajstić information content (AvgIpc) is 2.42. The average molecular weight is 261 g/mol. The van der Waals surface area contributed by atoms with Crippen LogP contribution in [-0.2, 0) is 11.2 Å². The Morgan fingerprint density at radius 3 is 2.42 bits per heavy atom. The molecule has 0 radical (unpaired) electrons. The van der Waals surface area contributed by atoms with E-state index in [0.717, 1.165) is 37.8 Å². The second kappa shape index (κ2) is 6.06. The maximum Gasteiger partial charge on any atom is 0.240 e. The third-order valence-electron chi connectivity index (χ3n) is 3.88. The van der Waals surface area contributed by atoms with E-state index in [0.29, 0.717) is 6.54 Å². The number of nitrogen functional groups attached to an aromatic ring is 1. The molecule has 5 N–H and O–H groups in total. The zero-order chi connectivity index (χ0) is 13.7. The van der Waals surface area contributed by atoms with Crippen LogP contribution >= 0.6 is 0 Å². The van der Waals surface area contributed by atoms with Crippen LogP contribution in [0.4, 0.5) is 5.69 Å². The van der Waals surface area contributed by atoms with Crippen molar-refractivity contribution in [3.05, 3.63) is 29.8 Å². The summed E-state index contributed by atoms with van der Waals surface area (Å²) in [5.74, 6) is 0.00245. The summed E-state index contributed by atoms with van der Waals surface area (Å²) >= 11 is 0. The number of carbonyl (C=O) groups excluding carboxylic acids is 1. The Balaban J connectivity index is 1.78. The smallest absolute Gasteiger partial charge is 0.240 e. The van der Waals surface area contributed by atoms with Gasteiger partial charge >= 0.3 is 0 Å². The van der Waals surface area contributed by atoms with Gasteiger partial charge in [0.1, 0.15) is 0 Å². The summed E-state index contributed by atoms with van der Waals surface area (Å²) in [6.45, 7) is 0.627. The lowest BCUT2D eigenvalue weighted by Gasteiger charge is -2.31. The first-order valence-electron chi connectivity index (χ1n) is 7.02. The lowest BCUT2D eigenvalue weighted by Crippen LogP contribution is -2.55. The van der Waals surface area contributed by atoms with Gasteiger partial charge in [0.05, 0.1) is 5.54 Å². The summed E-state index contributed by atoms with van der Waals surface area (Å²) in [6, 6.07) is 7.73. The zero-order valence-corrected chi connectivity index (χ0v) is 11.3. The minimum atomic E-state index is -0.640. The van der Waals surface area contributed by atoms with Crippen molar-refractivity contribution in [2.75, 3.05) is 12.3 Å². The molecule has 0 heterocycles. The van der Waals surface area contributed by atoms with Crippen molar-refractivity contribution in [2.45, 2.75) is 44.1 Å². The first kappa shape index (κ1) is 13.9. The van der Waals surface area contributed by atoms with Crippen molar-refractivity contribution >= 4 is 11.6 Å². The molecule has 4 heteroatoms. The molecule has 104 valence electrons. The second-order valence-electron chi connectivity index (χ2n) is 5.46. The summed E-state index contributed by atoms with van der Waals surface area (Å²) in [5.41, 5.74) is 13.1. The van der Waals surface area contributed by atoms with Crippen LogP contribution in [0.15, 0.2) is 24.3 Å². The third-order valence-corrected chi connectivity index (χ3v) is 3.88. The van der Waals surface area contributed by atoms with Crippen LogP contribution in [0, 0.1) is 0 Å². The van der Waals surface area contributed by atoms with Gasteiger partial charge in [-0.25, -0.2) is 0 Å². The van der Waals surface area contributed by atoms with Gasteiger partial charge < -0.3 is 16.8 Å². The van der Waals surface area contributed by atoms with Gasteiger partial charge in [0.25, 0.3) is 0 Å². The van der Waals surface area contributed by atoms with Crippen LogP contribution in [0.25, 0.3) is 0 Å². The van der Waals surface area contributed by atoms with Crippen LogP contribution in [-0.4, -0.2) is 18.0 Å². The molecule has 0 saturated heterocycles. The number of hydrogen-bond donors (Lipinski definition) is 3. The highest BCUT2D eigenvalue weighted by atomic mass is 16.2. The van der Waals surface area contributed by atoms with Crippen LogP contribution in [0.2, 0.25) is 0 Å². The monoisotopic (exact) mass is 261 g/mol. The van der Waals surface area contributed by atoms with Crippen molar-refractivity contribution in [1.82, 2.24) is 5.32 Å². The van der Waals surface area contributed by atoms with Crippen molar-refractivity contribution < 1.29 is 4.79 Å². The summed E-state index contributed by atoms with van der Waals surface area (Å²) in [6.07, 6.45) is 5.73. The molecule has 1 aliphatic rings. The lowest BCUT2D eigenvalue weighted by atomic mass is 9.82. The van der Waals surface area contributed by atoms with Crippen molar-refractivity contribution in [1.29, 1.82) is 0 Å². The number of nitrogens with two attached hydrogens (primary N) is 2. The van der Waals surface area contributed by atoms with Crippen LogP contribution in [0.5, 0.6) is 0 Å². The highest BCUT2D eigenvalue weighted by Crippen LogP contribution is 2.25. The summed E-state index contributed by atoms with van der Waals surface area (Å²) < 4.78 is 0. The van der Waals surface area contributed by atoms with E-state index in [1.54, 1.807) is 0 Å². The van der Waals surface area contributed by atoms with E-state index in [4.69, 9.17) is 11.5 Å². The predicted molar refractivity (Wildman–Crippen MR) is 77.6 cm³/mol. The van der Waals surface area contributed by atoms with Crippen LogP contribution < -0.4 is 16.8 Å². The van der Waals surface area contributed by atoms with Gasteiger partial charge in [-0.05, 0) is 37.0 Å². The van der Waals surface area contributed by atoms with Crippen molar-refractivity contribution in [3.8, 4) is 0 Å². The first-order valence-corrected chi connectivity index (χ1v) is 7.02. The fraction of sp³-hybridized carbons (Fsp3) is 0.533. The third kappa shape index (κ3) is 3.70. The molecule has 1 fully saturated rings. The standard InChI is InChI=1S/C15H23N3O/c16-13-6-4-12(5-7-13)8-11-18-14(19)15(17)9-2-1-3-10-15/h4-7H,1-3,8-11,16-17H2,(H,18,19). The van der Waals surface area contributed by atoms with Gasteiger partial charge in [-0.3, -0.25) is 4.79 Å². The maximum absolute atomic E-state index is 12.1. The number of rotatable bonds is 4. The molecule has 1 aromatic carbocycles. The van der Waals surface area contributed by atoms with E-state index in [-0.39, 0.29) is 5.91 Å². The number of hydrogen-bond acceptors (Lipinski definition) is 3. The molecule has 1 saturated carbocycles. The Morgan fingerprint density at radius 1 is 1.16 bits per heavy atom. The topological polar surface area (TPSA) is 81.1 Å². The number of amides is 1. The number of nitrogens with one attached hydrogen (secondary N) is 1. The molecule has 0 spiro atoms. The molecule has 0 aromatic heterocycles. The SMILES string of the molecule is Nc1ccc(CCNC(=O)C2(N)CCCCC2)cc1. The Morgan fingerprint density at radius 2 is 1.79 bits per heavy atom. The molecule has 1 amide bonds. The van der Waals surface area contributed by atoms with E-state index in [1.807, 2.05) is 24.3 Å². The first-order chi connectivity index (χ1) is 9.10. The van der Waals surface area contributed by atoms with Gasteiger partial charge in [-0.15, -0.1) is 0 Å². The van der Waals surface area contributed by atoms with Gasteiger partial charge in [0, 0.05) is 12.2 Å². The van der Waals surface area contributed by atoms with Gasteiger partial charge in [0.15, 0.2) is 0 Å². The number of benzene rings is 1. The zero-order valence-electron chi connectivity index (χ0n) is 11.3. The summed E-state index contributed by atoms with van der Waals surface area (Å²) in [5, 5.41) is 2.96. The minimum Gasteiger partial charge on any atom is -0.399 e. The summed E-state index contributed by atoms with van der Waals surface area (Å²) in [7, 11) is 0. The molecule has 2 rings (SSSR count). The molecular weight excluding hydrogens is 238 g/mol. The van der Waals surface area contributed by atoms with Gasteiger partial charge in [-0.2, -0.15) is 0 Å². The Bertz CT molecular complexity index is 422. The molecule has 0 atom stereocenters. The fourth-order valence-corrected chi connectivity index (χ4v) is 2.59. The predicted octanol–water partition coefficient (Wildman–Crippen LogP) is 1.59. The lowest BCUT2D eigenvalue weighted by molar-refractivity contribution is -0.127. The van der Waals surface area contributed by atoms with E-state index in [2.05, 4.69) is 5.32 Å². The van der Waals surface area contributed by atoms with E-state index < -0.39 is 5.54 Å². The molecule has 1 aromatic rings. The minimum absolute atomic E-state index is 0.00245. The van der Waals surface area contributed by atoms with Crippen LogP contribution in [0.3, 0.4) is 0 Å². The second-order valence-corrected chi connectivity index (χ2v) is 5.46. The molecule has 0 bridgehead atoms. The van der Waals surface area contributed by atoms with E-state index in [1.165, 1.54) is 12.0 Å². The number of anilines is 1. The highest BCUT2D eigenvalue weighted by Gasteiger charge is 2.34. The van der Waals surface area contributed by atoms with E-state index >= 15 is 0 Å². The molecular formula is C15H23N3O. The van der Waals surface area contributed by atoms with E-state index in [9.17, 15) is 4.79 Å². The molecule has 19 heavy (non-hydrogen) atoms. The van der Waals surface area contributed by atoms with Gasteiger partial charge in [-0.1, -0.05) is 31.4 Å². The Kier molecular flexibility index (Phi) is 4.43. The molecule has 1 aliphatic carbocycles. The normalized spacial score (nSPS) is 17.9. The van der Waals surface area contributed by atoms with Crippen molar-refractivity contribution in [2.24, 2.45) is 5.73 Å². The van der Waals surface area contributed by atoms with Gasteiger partial charge in [0.2, 0.25) is 5.91 Å². The van der Waals surface area contributed by atoms with Crippen LogP contribution in [0.1, 0.15) is 37.7 Å². The highest BCUT2D eigenvalue weighted by molar-refractivity contribution is 5.86. The number of carbonyl (C=O) groups is 1. The largest absolute Gasteiger partial charge is 0.399 e. The Hall–Kier alpha value is -1.55. The molecule has 4 nitrogen and oxygen atoms in total. The maximum atomic E-state index is 12.1. The Labute approximate surface area is 114 Å². The summed E-state index contributed by atoms with van der Waals surface area (Å²) in [4.78, 5) is 12.1.